The van der Waals surface area contributed by atoms with Gasteiger partial charge in [0.2, 0.25) is 0 Å². The highest BCUT2D eigenvalue weighted by Gasteiger charge is 2.13. The van der Waals surface area contributed by atoms with Gasteiger partial charge in [-0.1, -0.05) is 11.6 Å². The van der Waals surface area contributed by atoms with E-state index >= 15 is 0 Å². The summed E-state index contributed by atoms with van der Waals surface area (Å²) in [5.41, 5.74) is 2.06. The minimum atomic E-state index is -0.0780. The number of hydrogen-bond acceptors (Lipinski definition) is 3. The molecule has 0 radical (unpaired) electrons. The molecule has 0 aromatic heterocycles. The van der Waals surface area contributed by atoms with Crippen LogP contribution in [0.4, 0.5) is 0 Å². The molecule has 0 atom stereocenters. The van der Waals surface area contributed by atoms with Crippen molar-refractivity contribution >= 4 is 17.4 Å². The zero-order valence-corrected chi connectivity index (χ0v) is 12.3. The van der Waals surface area contributed by atoms with Crippen molar-refractivity contribution in [2.75, 3.05) is 14.2 Å². The fourth-order valence-electron chi connectivity index (χ4n) is 1.99. The number of hydrogen-bond donors (Lipinski definition) is 0. The van der Waals surface area contributed by atoms with E-state index in [1.165, 1.54) is 7.11 Å². The lowest BCUT2D eigenvalue weighted by molar-refractivity contribution is 0.103. The SMILES string of the molecule is COc1ccc(C(=O)c2ccc(Cl)c(OC)c2)cc1C. The molecule has 104 valence electrons. The van der Waals surface area contributed by atoms with Gasteiger partial charge in [-0.25, -0.2) is 0 Å². The maximum absolute atomic E-state index is 12.4. The molecule has 2 aromatic carbocycles. The summed E-state index contributed by atoms with van der Waals surface area (Å²) >= 11 is 5.96. The van der Waals surface area contributed by atoms with Gasteiger partial charge in [0.25, 0.3) is 0 Å². The molecular formula is C16H15ClO3. The summed E-state index contributed by atoms with van der Waals surface area (Å²) in [5.74, 6) is 1.17. The lowest BCUT2D eigenvalue weighted by Gasteiger charge is -2.08. The Hall–Kier alpha value is -2.00. The molecule has 0 amide bonds. The maximum atomic E-state index is 12.4. The Morgan fingerprint density at radius 3 is 2.15 bits per heavy atom. The summed E-state index contributed by atoms with van der Waals surface area (Å²) in [7, 11) is 3.13. The fraction of sp³-hybridized carbons (Fsp3) is 0.188. The highest BCUT2D eigenvalue weighted by atomic mass is 35.5. The molecule has 0 unspecified atom stereocenters. The Balaban J connectivity index is 2.38. The molecule has 0 saturated heterocycles. The Kier molecular flexibility index (Phi) is 4.30. The van der Waals surface area contributed by atoms with Crippen molar-refractivity contribution in [1.29, 1.82) is 0 Å². The summed E-state index contributed by atoms with van der Waals surface area (Å²) in [6, 6.07) is 10.3. The van der Waals surface area contributed by atoms with Gasteiger partial charge in [-0.3, -0.25) is 4.79 Å². The smallest absolute Gasteiger partial charge is 0.193 e. The molecule has 0 aliphatic rings. The highest BCUT2D eigenvalue weighted by Crippen LogP contribution is 2.27. The Bertz CT molecular complexity index is 650. The van der Waals surface area contributed by atoms with Gasteiger partial charge in [0.1, 0.15) is 11.5 Å². The second kappa shape index (κ2) is 5.97. The number of rotatable bonds is 4. The van der Waals surface area contributed by atoms with Gasteiger partial charge in [-0.2, -0.15) is 0 Å². The summed E-state index contributed by atoms with van der Waals surface area (Å²) in [5, 5.41) is 0.481. The summed E-state index contributed by atoms with van der Waals surface area (Å²) in [6.45, 7) is 1.90. The van der Waals surface area contributed by atoms with Crippen molar-refractivity contribution in [3.05, 3.63) is 58.1 Å². The third-order valence-corrected chi connectivity index (χ3v) is 3.38. The number of ketones is 1. The first kappa shape index (κ1) is 14.4. The molecule has 0 bridgehead atoms. The van der Waals surface area contributed by atoms with Gasteiger partial charge in [-0.05, 0) is 48.9 Å². The van der Waals surface area contributed by atoms with Crippen molar-refractivity contribution in [2.45, 2.75) is 6.92 Å². The molecule has 0 aliphatic carbocycles. The van der Waals surface area contributed by atoms with Crippen LogP contribution in [0.15, 0.2) is 36.4 Å². The zero-order chi connectivity index (χ0) is 14.7. The van der Waals surface area contributed by atoms with E-state index < -0.39 is 0 Å². The van der Waals surface area contributed by atoms with Gasteiger partial charge >= 0.3 is 0 Å². The van der Waals surface area contributed by atoms with Crippen LogP contribution in [0.1, 0.15) is 21.5 Å². The topological polar surface area (TPSA) is 35.5 Å². The molecule has 0 N–H and O–H groups in total. The Morgan fingerprint density at radius 2 is 1.55 bits per heavy atom. The van der Waals surface area contributed by atoms with Crippen LogP contribution in [-0.2, 0) is 0 Å². The molecule has 3 nitrogen and oxygen atoms in total. The molecule has 2 aromatic rings. The van der Waals surface area contributed by atoms with Crippen LogP contribution in [0.25, 0.3) is 0 Å². The molecule has 20 heavy (non-hydrogen) atoms. The van der Waals surface area contributed by atoms with E-state index in [1.54, 1.807) is 37.4 Å². The monoisotopic (exact) mass is 290 g/mol. The standard InChI is InChI=1S/C16H15ClO3/c1-10-8-11(5-7-14(10)19-2)16(18)12-4-6-13(17)15(9-12)20-3/h4-9H,1-3H3. The molecule has 4 heteroatoms. The summed E-state index contributed by atoms with van der Waals surface area (Å²) < 4.78 is 10.3. The average Bonchev–Trinajstić information content (AvgIpc) is 2.47. The van der Waals surface area contributed by atoms with Crippen LogP contribution in [0.2, 0.25) is 5.02 Å². The molecule has 0 saturated carbocycles. The summed E-state index contributed by atoms with van der Waals surface area (Å²) in [6.07, 6.45) is 0. The zero-order valence-electron chi connectivity index (χ0n) is 11.6. The number of carbonyl (C=O) groups excluding carboxylic acids is 1. The predicted molar refractivity (Wildman–Crippen MR) is 79.2 cm³/mol. The Morgan fingerprint density at radius 1 is 0.950 bits per heavy atom. The van der Waals surface area contributed by atoms with E-state index in [1.807, 2.05) is 13.0 Å². The number of aryl methyl sites for hydroxylation is 1. The van der Waals surface area contributed by atoms with Gasteiger partial charge in [-0.15, -0.1) is 0 Å². The molecule has 0 heterocycles. The quantitative estimate of drug-likeness (QED) is 0.801. The van der Waals surface area contributed by atoms with Gasteiger partial charge < -0.3 is 9.47 Å². The van der Waals surface area contributed by atoms with E-state index in [0.717, 1.165) is 11.3 Å². The molecule has 0 aliphatic heterocycles. The molecule has 2 rings (SSSR count). The van der Waals surface area contributed by atoms with E-state index in [2.05, 4.69) is 0 Å². The van der Waals surface area contributed by atoms with Crippen molar-refractivity contribution in [3.63, 3.8) is 0 Å². The molecular weight excluding hydrogens is 276 g/mol. The number of ether oxygens (including phenoxy) is 2. The molecule has 0 spiro atoms. The number of carbonyl (C=O) groups is 1. The van der Waals surface area contributed by atoms with Crippen molar-refractivity contribution in [1.82, 2.24) is 0 Å². The van der Waals surface area contributed by atoms with Crippen LogP contribution >= 0.6 is 11.6 Å². The number of halogens is 1. The van der Waals surface area contributed by atoms with Crippen LogP contribution in [0.5, 0.6) is 11.5 Å². The highest BCUT2D eigenvalue weighted by molar-refractivity contribution is 6.32. The van der Waals surface area contributed by atoms with Crippen molar-refractivity contribution < 1.29 is 14.3 Å². The van der Waals surface area contributed by atoms with E-state index in [-0.39, 0.29) is 5.78 Å². The van der Waals surface area contributed by atoms with Gasteiger partial charge in [0.15, 0.2) is 5.78 Å². The first-order chi connectivity index (χ1) is 9.56. The third-order valence-electron chi connectivity index (χ3n) is 3.07. The van der Waals surface area contributed by atoms with Crippen molar-refractivity contribution in [2.24, 2.45) is 0 Å². The first-order valence-corrected chi connectivity index (χ1v) is 6.47. The third kappa shape index (κ3) is 2.78. The van der Waals surface area contributed by atoms with E-state index in [4.69, 9.17) is 21.1 Å². The van der Waals surface area contributed by atoms with Gasteiger partial charge in [0, 0.05) is 11.1 Å². The largest absolute Gasteiger partial charge is 0.496 e. The second-order valence-corrected chi connectivity index (χ2v) is 4.77. The normalized spacial score (nSPS) is 10.2. The van der Waals surface area contributed by atoms with E-state index in [0.29, 0.717) is 21.9 Å². The lowest BCUT2D eigenvalue weighted by Crippen LogP contribution is -2.02. The fourth-order valence-corrected chi connectivity index (χ4v) is 2.18. The number of methoxy groups -OCH3 is 2. The minimum Gasteiger partial charge on any atom is -0.496 e. The van der Waals surface area contributed by atoms with Crippen molar-refractivity contribution in [3.8, 4) is 11.5 Å². The molecule has 0 fully saturated rings. The lowest BCUT2D eigenvalue weighted by atomic mass is 10.0. The average molecular weight is 291 g/mol. The number of benzene rings is 2. The van der Waals surface area contributed by atoms with Crippen LogP contribution < -0.4 is 9.47 Å². The Labute approximate surface area is 123 Å². The van der Waals surface area contributed by atoms with Crippen LogP contribution in [0, 0.1) is 6.92 Å². The summed E-state index contributed by atoms with van der Waals surface area (Å²) in [4.78, 5) is 12.4. The van der Waals surface area contributed by atoms with Gasteiger partial charge in [0.05, 0.1) is 19.2 Å². The maximum Gasteiger partial charge on any atom is 0.193 e. The van der Waals surface area contributed by atoms with Crippen LogP contribution in [-0.4, -0.2) is 20.0 Å². The predicted octanol–water partition coefficient (Wildman–Crippen LogP) is 3.90. The first-order valence-electron chi connectivity index (χ1n) is 6.09. The minimum absolute atomic E-state index is 0.0780. The van der Waals surface area contributed by atoms with E-state index in [9.17, 15) is 4.79 Å². The second-order valence-electron chi connectivity index (χ2n) is 4.36. The van der Waals surface area contributed by atoms with Crippen LogP contribution in [0.3, 0.4) is 0 Å².